The summed E-state index contributed by atoms with van der Waals surface area (Å²) in [5.74, 6) is -0.373. The van der Waals surface area contributed by atoms with E-state index in [-0.39, 0.29) is 11.3 Å². The third-order valence-electron chi connectivity index (χ3n) is 3.04. The van der Waals surface area contributed by atoms with Crippen molar-refractivity contribution < 1.29 is 14.6 Å². The van der Waals surface area contributed by atoms with Crippen molar-refractivity contribution in [3.05, 3.63) is 0 Å². The van der Waals surface area contributed by atoms with Crippen molar-refractivity contribution in [2.75, 3.05) is 13.2 Å². The number of ether oxygens (including phenoxy) is 1. The second kappa shape index (κ2) is 4.30. The fourth-order valence-corrected chi connectivity index (χ4v) is 2.51. The van der Waals surface area contributed by atoms with Gasteiger partial charge in [-0.1, -0.05) is 20.8 Å². The number of hydrogen-bond donors (Lipinski definition) is 1. The fourth-order valence-electron chi connectivity index (χ4n) is 2.51. The number of rotatable bonds is 5. The van der Waals surface area contributed by atoms with Crippen LogP contribution in [0, 0.1) is 17.3 Å². The monoisotopic (exact) mass is 200 g/mol. The highest BCUT2D eigenvalue weighted by Gasteiger charge is 2.48. The molecule has 82 valence electrons. The molecule has 0 saturated carbocycles. The highest BCUT2D eigenvalue weighted by Crippen LogP contribution is 2.43. The molecule has 0 aromatic rings. The molecule has 3 nitrogen and oxygen atoms in total. The second-order valence-corrected chi connectivity index (χ2v) is 4.75. The molecule has 1 aliphatic rings. The quantitative estimate of drug-likeness (QED) is 0.739. The van der Waals surface area contributed by atoms with Crippen molar-refractivity contribution in [3.8, 4) is 0 Å². The molecular weight excluding hydrogens is 180 g/mol. The Balaban J connectivity index is 2.71. The van der Waals surface area contributed by atoms with Crippen LogP contribution in [-0.4, -0.2) is 24.3 Å². The number of aliphatic carboxylic acids is 1. The van der Waals surface area contributed by atoms with E-state index in [1.54, 1.807) is 0 Å². The SMILES string of the molecule is CCC(C(=O)O)C1(CC(C)C)COC1. The van der Waals surface area contributed by atoms with Crippen LogP contribution in [0.1, 0.15) is 33.6 Å². The standard InChI is InChI=1S/C11H20O3/c1-4-9(10(12)13)11(5-8(2)3)6-14-7-11/h8-9H,4-7H2,1-3H3,(H,12,13). The average molecular weight is 200 g/mol. The molecule has 3 heteroatoms. The van der Waals surface area contributed by atoms with Crippen LogP contribution in [0.4, 0.5) is 0 Å². The van der Waals surface area contributed by atoms with E-state index in [0.717, 1.165) is 6.42 Å². The molecule has 1 saturated heterocycles. The van der Waals surface area contributed by atoms with Crippen LogP contribution in [0.15, 0.2) is 0 Å². The van der Waals surface area contributed by atoms with Crippen LogP contribution in [-0.2, 0) is 9.53 Å². The first-order chi connectivity index (χ1) is 6.52. The van der Waals surface area contributed by atoms with Crippen molar-refractivity contribution in [1.29, 1.82) is 0 Å². The molecule has 0 aromatic carbocycles. The van der Waals surface area contributed by atoms with E-state index in [4.69, 9.17) is 9.84 Å². The molecular formula is C11H20O3. The Morgan fingerprint density at radius 1 is 1.50 bits per heavy atom. The lowest BCUT2D eigenvalue weighted by atomic mass is 9.67. The van der Waals surface area contributed by atoms with Gasteiger partial charge < -0.3 is 9.84 Å². The summed E-state index contributed by atoms with van der Waals surface area (Å²) in [6.07, 6.45) is 1.66. The Bertz CT molecular complexity index is 207. The molecule has 1 aliphatic heterocycles. The van der Waals surface area contributed by atoms with E-state index in [0.29, 0.717) is 25.6 Å². The number of carboxylic acid groups (broad SMARTS) is 1. The normalized spacial score (nSPS) is 21.7. The van der Waals surface area contributed by atoms with Crippen molar-refractivity contribution in [1.82, 2.24) is 0 Å². The van der Waals surface area contributed by atoms with Crippen LogP contribution < -0.4 is 0 Å². The maximum atomic E-state index is 11.1. The Morgan fingerprint density at radius 3 is 2.29 bits per heavy atom. The average Bonchev–Trinajstić information content (AvgIpc) is 1.99. The minimum atomic E-state index is -0.670. The van der Waals surface area contributed by atoms with Crippen LogP contribution in [0.3, 0.4) is 0 Å². The van der Waals surface area contributed by atoms with Gasteiger partial charge in [-0.2, -0.15) is 0 Å². The molecule has 1 atom stereocenters. The third kappa shape index (κ3) is 2.08. The predicted octanol–water partition coefficient (Wildman–Crippen LogP) is 2.16. The highest BCUT2D eigenvalue weighted by atomic mass is 16.5. The fraction of sp³-hybridized carbons (Fsp3) is 0.909. The van der Waals surface area contributed by atoms with Crippen molar-refractivity contribution in [3.63, 3.8) is 0 Å². The lowest BCUT2D eigenvalue weighted by molar-refractivity contribution is -0.180. The van der Waals surface area contributed by atoms with E-state index >= 15 is 0 Å². The Morgan fingerprint density at radius 2 is 2.07 bits per heavy atom. The van der Waals surface area contributed by atoms with Gasteiger partial charge in [-0.25, -0.2) is 0 Å². The van der Waals surface area contributed by atoms with E-state index in [1.165, 1.54) is 0 Å². The molecule has 0 aliphatic carbocycles. The van der Waals surface area contributed by atoms with Gasteiger partial charge in [0.1, 0.15) is 0 Å². The third-order valence-corrected chi connectivity index (χ3v) is 3.04. The largest absolute Gasteiger partial charge is 0.481 e. The van der Waals surface area contributed by atoms with Gasteiger partial charge in [-0.3, -0.25) is 4.79 Å². The molecule has 1 unspecified atom stereocenters. The summed E-state index contributed by atoms with van der Waals surface area (Å²) in [6, 6.07) is 0. The topological polar surface area (TPSA) is 46.5 Å². The highest BCUT2D eigenvalue weighted by molar-refractivity contribution is 5.71. The Hall–Kier alpha value is -0.570. The maximum Gasteiger partial charge on any atom is 0.307 e. The summed E-state index contributed by atoms with van der Waals surface area (Å²) >= 11 is 0. The van der Waals surface area contributed by atoms with Gasteiger partial charge in [-0.15, -0.1) is 0 Å². The summed E-state index contributed by atoms with van der Waals surface area (Å²) in [5.41, 5.74) is -0.0885. The number of carbonyl (C=O) groups is 1. The molecule has 0 bridgehead atoms. The zero-order valence-corrected chi connectivity index (χ0v) is 9.25. The van der Waals surface area contributed by atoms with Crippen LogP contribution in [0.25, 0.3) is 0 Å². The van der Waals surface area contributed by atoms with Gasteiger partial charge in [-0.05, 0) is 18.8 Å². The van der Waals surface area contributed by atoms with Crippen molar-refractivity contribution in [2.24, 2.45) is 17.3 Å². The molecule has 0 aromatic heterocycles. The Kier molecular flexibility index (Phi) is 3.53. The smallest absolute Gasteiger partial charge is 0.307 e. The second-order valence-electron chi connectivity index (χ2n) is 4.75. The van der Waals surface area contributed by atoms with Gasteiger partial charge >= 0.3 is 5.97 Å². The van der Waals surface area contributed by atoms with Gasteiger partial charge in [0, 0.05) is 5.41 Å². The maximum absolute atomic E-state index is 11.1. The predicted molar refractivity (Wildman–Crippen MR) is 54.1 cm³/mol. The van der Waals surface area contributed by atoms with Gasteiger partial charge in [0.2, 0.25) is 0 Å². The number of hydrogen-bond acceptors (Lipinski definition) is 2. The zero-order chi connectivity index (χ0) is 10.8. The molecule has 1 fully saturated rings. The first-order valence-corrected chi connectivity index (χ1v) is 5.32. The minimum absolute atomic E-state index is 0.0885. The van der Waals surface area contributed by atoms with Gasteiger partial charge in [0.25, 0.3) is 0 Å². The van der Waals surface area contributed by atoms with E-state index in [1.807, 2.05) is 6.92 Å². The zero-order valence-electron chi connectivity index (χ0n) is 9.25. The molecule has 1 heterocycles. The molecule has 0 amide bonds. The summed E-state index contributed by atoms with van der Waals surface area (Å²) in [7, 11) is 0. The first kappa shape index (κ1) is 11.5. The lowest BCUT2D eigenvalue weighted by Crippen LogP contribution is -2.51. The lowest BCUT2D eigenvalue weighted by Gasteiger charge is -2.46. The van der Waals surface area contributed by atoms with Crippen LogP contribution in [0.5, 0.6) is 0 Å². The number of carboxylic acids is 1. The molecule has 14 heavy (non-hydrogen) atoms. The minimum Gasteiger partial charge on any atom is -0.481 e. The molecule has 1 N–H and O–H groups in total. The first-order valence-electron chi connectivity index (χ1n) is 5.32. The Labute approximate surface area is 85.5 Å². The van der Waals surface area contributed by atoms with E-state index in [9.17, 15) is 4.79 Å². The summed E-state index contributed by atoms with van der Waals surface area (Å²) < 4.78 is 5.21. The van der Waals surface area contributed by atoms with E-state index in [2.05, 4.69) is 13.8 Å². The van der Waals surface area contributed by atoms with Gasteiger partial charge in [0.05, 0.1) is 19.1 Å². The van der Waals surface area contributed by atoms with Gasteiger partial charge in [0.15, 0.2) is 0 Å². The molecule has 1 rings (SSSR count). The molecule has 0 spiro atoms. The summed E-state index contributed by atoms with van der Waals surface area (Å²) in [5, 5.41) is 9.13. The summed E-state index contributed by atoms with van der Waals surface area (Å²) in [6.45, 7) is 7.45. The van der Waals surface area contributed by atoms with Crippen LogP contribution in [0.2, 0.25) is 0 Å². The van der Waals surface area contributed by atoms with Crippen molar-refractivity contribution in [2.45, 2.75) is 33.6 Å². The molecule has 0 radical (unpaired) electrons. The van der Waals surface area contributed by atoms with E-state index < -0.39 is 5.97 Å². The van der Waals surface area contributed by atoms with Crippen LogP contribution >= 0.6 is 0 Å². The van der Waals surface area contributed by atoms with Crippen molar-refractivity contribution >= 4 is 5.97 Å². The summed E-state index contributed by atoms with van der Waals surface area (Å²) in [4.78, 5) is 11.1.